The van der Waals surface area contributed by atoms with Gasteiger partial charge in [-0.1, -0.05) is 96.1 Å². The van der Waals surface area contributed by atoms with Gasteiger partial charge in [-0.2, -0.15) is 0 Å². The van der Waals surface area contributed by atoms with E-state index in [2.05, 4.69) is 343 Å². The fourth-order valence-electron chi connectivity index (χ4n) is 11.9. The van der Waals surface area contributed by atoms with Gasteiger partial charge in [0.25, 0.3) is 0 Å². The molecular formula is C78H67N5OPt-2. The summed E-state index contributed by atoms with van der Waals surface area (Å²) in [6.07, 6.45) is 1.96. The zero-order valence-electron chi connectivity index (χ0n) is 49.6. The first-order chi connectivity index (χ1) is 41.0. The fourth-order valence-corrected chi connectivity index (χ4v) is 12.9. The number of anilines is 6. The summed E-state index contributed by atoms with van der Waals surface area (Å²) in [4.78, 5) is 10.1. The predicted molar refractivity (Wildman–Crippen MR) is 349 cm³/mol. The maximum atomic E-state index is 7.45. The summed E-state index contributed by atoms with van der Waals surface area (Å²) in [6.45, 7) is 20.4. The molecule has 2 aromatic heterocycles. The Hall–Kier alpha value is -9.09. The molecule has 0 aliphatic carbocycles. The fraction of sp³-hybridized carbons (Fsp3) is 0.154. The van der Waals surface area contributed by atoms with Crippen LogP contribution in [0, 0.1) is 15.9 Å². The third kappa shape index (κ3) is 10.3. The van der Waals surface area contributed by atoms with Gasteiger partial charge in [0.05, 0.1) is 5.69 Å². The van der Waals surface area contributed by atoms with Crippen molar-refractivity contribution in [2.24, 2.45) is 0 Å². The van der Waals surface area contributed by atoms with Gasteiger partial charge in [-0.3, -0.25) is 0 Å². The first kappa shape index (κ1) is 55.1. The van der Waals surface area contributed by atoms with Crippen LogP contribution in [0.15, 0.2) is 243 Å². The van der Waals surface area contributed by atoms with Crippen LogP contribution in [0.25, 0.3) is 66.9 Å². The summed E-state index contributed by atoms with van der Waals surface area (Å²) in [5.74, 6) is 1.94. The third-order valence-electron chi connectivity index (χ3n) is 16.2. The Morgan fingerprint density at radius 2 is 0.929 bits per heavy atom. The van der Waals surface area contributed by atoms with Crippen molar-refractivity contribution in [3.05, 3.63) is 275 Å². The van der Waals surface area contributed by atoms with Gasteiger partial charge in [-0.15, -0.1) is 0 Å². The van der Waals surface area contributed by atoms with Crippen LogP contribution in [0.3, 0.4) is 0 Å². The van der Waals surface area contributed by atoms with Gasteiger partial charge in [0, 0.05) is 17.4 Å². The molecule has 13 rings (SSSR count). The van der Waals surface area contributed by atoms with E-state index >= 15 is 0 Å². The molecule has 0 saturated heterocycles. The van der Waals surface area contributed by atoms with Crippen LogP contribution in [-0.2, 0) is 35.6 Å². The number of para-hydroxylation sites is 6. The SMILES string of the molecule is CC(C)(C)c1ccnc(N2c3[c-]c(Oc4[c-]c(-n5[c](=[Pt])n(-c6c(-c7ccccc7)cccc6-c6ccccc6)c6ccccc65)ccc4)c(C(C)(C)C)cc3-c3ccccc3N(c3ccccc3)c3ccccc3-c3cc(C(C)(C)C)ccc32)c1. The van der Waals surface area contributed by atoms with E-state index in [0.29, 0.717) is 11.5 Å². The van der Waals surface area contributed by atoms with Crippen molar-refractivity contribution < 1.29 is 24.1 Å². The van der Waals surface area contributed by atoms with Gasteiger partial charge in [0.2, 0.25) is 0 Å². The van der Waals surface area contributed by atoms with Crippen LogP contribution in [0.1, 0.15) is 79.0 Å². The summed E-state index contributed by atoms with van der Waals surface area (Å²) in [5.41, 5.74) is 20.4. The average molecular weight is 1290 g/mol. The third-order valence-corrected chi connectivity index (χ3v) is 17.2. The molecule has 1 aliphatic rings. The van der Waals surface area contributed by atoms with E-state index in [9.17, 15) is 0 Å². The molecule has 12 aromatic rings. The van der Waals surface area contributed by atoms with Crippen molar-refractivity contribution in [2.45, 2.75) is 78.6 Å². The zero-order valence-corrected chi connectivity index (χ0v) is 51.8. The molecule has 6 nitrogen and oxygen atoms in total. The number of hydrogen-bond donors (Lipinski definition) is 0. The number of benzene rings is 10. The first-order valence-electron chi connectivity index (χ1n) is 29.2. The molecule has 0 atom stereocenters. The van der Waals surface area contributed by atoms with Gasteiger partial charge in [0.1, 0.15) is 0 Å². The van der Waals surface area contributed by atoms with Crippen molar-refractivity contribution in [1.29, 1.82) is 0 Å². The van der Waals surface area contributed by atoms with Crippen molar-refractivity contribution >= 4 is 45.3 Å². The number of fused-ring (bicyclic) bond motifs is 7. The van der Waals surface area contributed by atoms with E-state index in [1.165, 1.54) is 11.1 Å². The number of nitrogens with zero attached hydrogens (tertiary/aromatic N) is 5. The van der Waals surface area contributed by atoms with Gasteiger partial charge >= 0.3 is 332 Å². The number of imidazole rings is 1. The summed E-state index contributed by atoms with van der Waals surface area (Å²) >= 11 is 2.51. The minimum absolute atomic E-state index is 0.152. The van der Waals surface area contributed by atoms with Crippen LogP contribution >= 0.6 is 0 Å². The van der Waals surface area contributed by atoms with E-state index in [1.807, 2.05) is 12.3 Å². The molecule has 0 amide bonds. The van der Waals surface area contributed by atoms with Crippen LogP contribution in [-0.4, -0.2) is 14.1 Å². The van der Waals surface area contributed by atoms with Crippen LogP contribution in [0.4, 0.5) is 34.3 Å². The second-order valence-electron chi connectivity index (χ2n) is 25.0. The summed E-state index contributed by atoms with van der Waals surface area (Å²) in [6, 6.07) is 92.9. The molecule has 1 aliphatic heterocycles. The number of aromatic nitrogens is 3. The Labute approximate surface area is 511 Å². The molecule has 0 fully saturated rings. The molecule has 0 N–H and O–H groups in total. The van der Waals surface area contributed by atoms with Gasteiger partial charge in [-0.25, -0.2) is 0 Å². The Balaban J connectivity index is 1.06. The summed E-state index contributed by atoms with van der Waals surface area (Å²) in [5, 5.41) is 0. The van der Waals surface area contributed by atoms with E-state index in [1.54, 1.807) is 0 Å². The van der Waals surface area contributed by atoms with Crippen molar-refractivity contribution in [2.75, 3.05) is 9.80 Å². The molecule has 0 saturated carbocycles. The second kappa shape index (κ2) is 21.8. The molecule has 0 unspecified atom stereocenters. The summed E-state index contributed by atoms with van der Waals surface area (Å²) in [7, 11) is 0. The standard InChI is InChI=1S/C78H67N5O.Pt/c1-76(2,3)55-43-44-69-64(47-55)62-35-19-21-39-67(62)82(57-31-17-12-18-32-57)68-40-22-20-36-63(68)65-50-66(78(7,8)9)73(51-72(65)83(69)74-48-56(45-46-79-74)77(4,5)6)84-59-34-25-33-58(49-59)80-52-81(71-42-24-23-41-70(71)80)75-60(53-27-13-10-14-28-53)37-26-38-61(75)54-29-15-11-16-30-54;/h10-48,50H,1-9H3;/q-2;. The molecule has 0 radical (unpaired) electrons. The van der Waals surface area contributed by atoms with Crippen LogP contribution in [0.2, 0.25) is 0 Å². The number of ether oxygens (including phenoxy) is 1. The number of hydrogen-bond acceptors (Lipinski definition) is 4. The van der Waals surface area contributed by atoms with E-state index < -0.39 is 5.41 Å². The topological polar surface area (TPSA) is 38.5 Å². The predicted octanol–water partition coefficient (Wildman–Crippen LogP) is 21.1. The molecule has 3 heterocycles. The maximum absolute atomic E-state index is 7.45. The summed E-state index contributed by atoms with van der Waals surface area (Å²) < 4.78 is 13.1. The normalized spacial score (nSPS) is 12.6. The van der Waals surface area contributed by atoms with Crippen LogP contribution in [0.5, 0.6) is 11.5 Å². The molecule has 85 heavy (non-hydrogen) atoms. The quantitative estimate of drug-likeness (QED) is 0.142. The molecule has 7 heteroatoms. The first-order valence-corrected chi connectivity index (χ1v) is 30.3. The Kier molecular flexibility index (Phi) is 14.2. The molecule has 422 valence electrons. The van der Waals surface area contributed by atoms with E-state index in [4.69, 9.17) is 9.72 Å². The van der Waals surface area contributed by atoms with Gasteiger partial charge in [0.15, 0.2) is 0 Å². The van der Waals surface area contributed by atoms with Crippen molar-refractivity contribution in [3.63, 3.8) is 0 Å². The van der Waals surface area contributed by atoms with Gasteiger partial charge in [-0.05, 0) is 58.4 Å². The van der Waals surface area contributed by atoms with Crippen molar-refractivity contribution in [3.8, 4) is 67.4 Å². The number of rotatable bonds is 8. The van der Waals surface area contributed by atoms with Gasteiger partial charge < -0.3 is 4.90 Å². The Bertz CT molecular complexity index is 4480. The average Bonchev–Trinajstić information content (AvgIpc) is 1.92. The zero-order chi connectivity index (χ0) is 58.8. The van der Waals surface area contributed by atoms with Crippen molar-refractivity contribution in [1.82, 2.24) is 14.1 Å². The van der Waals surface area contributed by atoms with E-state index in [0.717, 1.165) is 111 Å². The molecule has 0 bridgehead atoms. The Morgan fingerprint density at radius 3 is 1.54 bits per heavy atom. The molecule has 0 spiro atoms. The molecular weight excluding hydrogens is 1220 g/mol. The monoisotopic (exact) mass is 1280 g/mol. The number of pyridine rings is 1. The Morgan fingerprint density at radius 1 is 0.412 bits per heavy atom. The minimum atomic E-state index is -0.413. The van der Waals surface area contributed by atoms with E-state index in [-0.39, 0.29) is 10.8 Å². The molecule has 10 aromatic carbocycles. The van der Waals surface area contributed by atoms with Crippen LogP contribution < -0.4 is 14.5 Å². The second-order valence-corrected chi connectivity index (χ2v) is 26.1.